The maximum Gasteiger partial charge on any atom is 0.279 e. The van der Waals surface area contributed by atoms with Crippen molar-refractivity contribution in [3.05, 3.63) is 68.5 Å². The average Bonchev–Trinajstić information content (AvgIpc) is 2.98. The summed E-state index contributed by atoms with van der Waals surface area (Å²) >= 11 is 1.22. The second-order valence-electron chi connectivity index (χ2n) is 5.63. The molecule has 8 heteroatoms. The zero-order chi connectivity index (χ0) is 19.6. The van der Waals surface area contributed by atoms with Gasteiger partial charge in [0.25, 0.3) is 11.6 Å². The number of terminal acetylenes is 1. The summed E-state index contributed by atoms with van der Waals surface area (Å²) in [6.45, 7) is 1.57. The summed E-state index contributed by atoms with van der Waals surface area (Å²) in [5, 5.41) is 11.0. The van der Waals surface area contributed by atoms with E-state index in [0.29, 0.717) is 21.4 Å². The van der Waals surface area contributed by atoms with Gasteiger partial charge in [-0.2, -0.15) is 4.99 Å². The van der Waals surface area contributed by atoms with E-state index in [-0.39, 0.29) is 18.0 Å². The van der Waals surface area contributed by atoms with Crippen LogP contribution in [0, 0.1) is 22.5 Å². The van der Waals surface area contributed by atoms with Crippen LogP contribution < -0.4 is 4.80 Å². The monoisotopic (exact) mass is 379 g/mol. The molecule has 3 rings (SSSR count). The Hall–Kier alpha value is -3.57. The molecule has 7 nitrogen and oxygen atoms in total. The number of ketones is 1. The number of nitrogens with zero attached hydrogens (tertiary/aromatic N) is 3. The first kappa shape index (κ1) is 18.2. The van der Waals surface area contributed by atoms with Crippen molar-refractivity contribution >= 4 is 38.9 Å². The number of hydrogen-bond donors (Lipinski definition) is 0. The molecule has 1 heterocycles. The van der Waals surface area contributed by atoms with Crippen LogP contribution >= 0.6 is 11.3 Å². The number of benzene rings is 2. The number of nitro groups is 1. The van der Waals surface area contributed by atoms with Gasteiger partial charge in [-0.3, -0.25) is 19.7 Å². The molecule has 134 valence electrons. The van der Waals surface area contributed by atoms with Crippen LogP contribution in [0.2, 0.25) is 0 Å². The summed E-state index contributed by atoms with van der Waals surface area (Å²) in [6.07, 6.45) is 5.41. The minimum absolute atomic E-state index is 0.0660. The number of nitro benzene ring substituents is 1. The van der Waals surface area contributed by atoms with Gasteiger partial charge in [0.1, 0.15) is 0 Å². The molecule has 0 unspecified atom stereocenters. The lowest BCUT2D eigenvalue weighted by atomic mass is 10.1. The molecule has 0 aliphatic rings. The summed E-state index contributed by atoms with van der Waals surface area (Å²) in [4.78, 5) is 38.8. The van der Waals surface area contributed by atoms with Crippen molar-refractivity contribution in [1.82, 2.24) is 4.57 Å². The van der Waals surface area contributed by atoms with Gasteiger partial charge < -0.3 is 4.57 Å². The second kappa shape index (κ2) is 7.35. The predicted octanol–water partition coefficient (Wildman–Crippen LogP) is 3.19. The number of carbonyl (C=O) groups excluding carboxylic acids is 2. The van der Waals surface area contributed by atoms with Crippen molar-refractivity contribution in [3.63, 3.8) is 0 Å². The van der Waals surface area contributed by atoms with Gasteiger partial charge in [0, 0.05) is 23.3 Å². The van der Waals surface area contributed by atoms with Crippen molar-refractivity contribution in [2.24, 2.45) is 4.99 Å². The molecule has 0 aliphatic carbocycles. The molecule has 0 aliphatic heterocycles. The number of carbonyl (C=O) groups is 2. The van der Waals surface area contributed by atoms with E-state index in [0.717, 1.165) is 4.70 Å². The van der Waals surface area contributed by atoms with Crippen molar-refractivity contribution in [3.8, 4) is 12.3 Å². The third-order valence-electron chi connectivity index (χ3n) is 3.86. The molecule has 0 fully saturated rings. The highest BCUT2D eigenvalue weighted by atomic mass is 32.1. The number of thiazole rings is 1. The third kappa shape index (κ3) is 3.68. The van der Waals surface area contributed by atoms with Gasteiger partial charge in [0.05, 0.1) is 21.7 Å². The zero-order valence-corrected chi connectivity index (χ0v) is 15.0. The number of amides is 1. The number of rotatable bonds is 4. The molecule has 3 aromatic rings. The van der Waals surface area contributed by atoms with Crippen LogP contribution in [0.1, 0.15) is 27.6 Å². The molecule has 0 radical (unpaired) electrons. The minimum atomic E-state index is -0.490. The van der Waals surface area contributed by atoms with E-state index in [2.05, 4.69) is 10.9 Å². The van der Waals surface area contributed by atoms with Gasteiger partial charge in [0.15, 0.2) is 10.6 Å². The zero-order valence-electron chi connectivity index (χ0n) is 14.2. The van der Waals surface area contributed by atoms with Crippen LogP contribution in [0.3, 0.4) is 0 Å². The van der Waals surface area contributed by atoms with Gasteiger partial charge >= 0.3 is 0 Å². The Morgan fingerprint density at radius 1 is 1.22 bits per heavy atom. The lowest BCUT2D eigenvalue weighted by Gasteiger charge is -2.00. The Morgan fingerprint density at radius 3 is 2.48 bits per heavy atom. The number of aromatic nitrogens is 1. The summed E-state index contributed by atoms with van der Waals surface area (Å²) in [7, 11) is 0. The normalized spacial score (nSPS) is 11.3. The second-order valence-corrected chi connectivity index (χ2v) is 6.64. The van der Waals surface area contributed by atoms with Gasteiger partial charge in [-0.25, -0.2) is 0 Å². The van der Waals surface area contributed by atoms with E-state index < -0.39 is 10.8 Å². The molecule has 0 spiro atoms. The van der Waals surface area contributed by atoms with Crippen molar-refractivity contribution in [1.29, 1.82) is 0 Å². The van der Waals surface area contributed by atoms with Crippen LogP contribution in [-0.2, 0) is 6.54 Å². The highest BCUT2D eigenvalue weighted by Crippen LogP contribution is 2.23. The Bertz CT molecular complexity index is 1180. The van der Waals surface area contributed by atoms with Crippen LogP contribution in [-0.4, -0.2) is 21.2 Å². The molecule has 2 aromatic carbocycles. The van der Waals surface area contributed by atoms with E-state index >= 15 is 0 Å². The molecule has 0 bridgehead atoms. The van der Waals surface area contributed by atoms with Crippen LogP contribution in [0.4, 0.5) is 5.69 Å². The number of Topliss-reactive ketones (excluding diaryl/α,β-unsaturated/α-hetero) is 1. The first-order valence-corrected chi connectivity index (χ1v) is 8.63. The van der Waals surface area contributed by atoms with Crippen molar-refractivity contribution in [2.75, 3.05) is 0 Å². The van der Waals surface area contributed by atoms with Crippen molar-refractivity contribution < 1.29 is 14.5 Å². The van der Waals surface area contributed by atoms with Gasteiger partial charge in [0.2, 0.25) is 0 Å². The molecular weight excluding hydrogens is 366 g/mol. The summed E-state index contributed by atoms with van der Waals surface area (Å²) < 4.78 is 2.32. The standard InChI is InChI=1S/C19H13N3O4S/c1-3-10-21-16-11-15(22(25)26)8-9-17(16)27-19(21)20-18(24)14-6-4-13(5-7-14)12(2)23/h1,4-9,11H,10H2,2H3. The first-order valence-electron chi connectivity index (χ1n) is 7.82. The molecule has 0 N–H and O–H groups in total. The lowest BCUT2D eigenvalue weighted by Crippen LogP contribution is -2.16. The fourth-order valence-corrected chi connectivity index (χ4v) is 3.51. The van der Waals surface area contributed by atoms with E-state index in [1.165, 1.54) is 42.5 Å². The molecule has 1 amide bonds. The largest absolute Gasteiger partial charge is 0.304 e. The maximum absolute atomic E-state index is 12.5. The summed E-state index contributed by atoms with van der Waals surface area (Å²) in [6, 6.07) is 10.6. The van der Waals surface area contributed by atoms with Crippen LogP contribution in [0.5, 0.6) is 0 Å². The van der Waals surface area contributed by atoms with E-state index in [1.54, 1.807) is 22.8 Å². The quantitative estimate of drug-likeness (QED) is 0.301. The Kier molecular flexibility index (Phi) is 4.96. The van der Waals surface area contributed by atoms with Crippen molar-refractivity contribution in [2.45, 2.75) is 13.5 Å². The first-order chi connectivity index (χ1) is 12.9. The smallest absolute Gasteiger partial charge is 0.279 e. The molecule has 0 atom stereocenters. The molecule has 1 aromatic heterocycles. The number of fused-ring (bicyclic) bond motifs is 1. The summed E-state index contributed by atoms with van der Waals surface area (Å²) in [5.74, 6) is 1.89. The van der Waals surface area contributed by atoms with Crippen LogP contribution in [0.25, 0.3) is 10.2 Å². The highest BCUT2D eigenvalue weighted by Gasteiger charge is 2.13. The lowest BCUT2D eigenvalue weighted by molar-refractivity contribution is -0.384. The third-order valence-corrected chi connectivity index (χ3v) is 4.92. The van der Waals surface area contributed by atoms with E-state index in [4.69, 9.17) is 6.42 Å². The van der Waals surface area contributed by atoms with E-state index in [9.17, 15) is 19.7 Å². The molecular formula is C19H13N3O4S. The topological polar surface area (TPSA) is 94.6 Å². The molecule has 0 saturated carbocycles. The minimum Gasteiger partial charge on any atom is -0.304 e. The van der Waals surface area contributed by atoms with Gasteiger partial charge in [-0.1, -0.05) is 29.4 Å². The molecule has 0 saturated heterocycles. The van der Waals surface area contributed by atoms with Crippen LogP contribution in [0.15, 0.2) is 47.5 Å². The fraction of sp³-hybridized carbons (Fsp3) is 0.105. The Labute approximate surface area is 157 Å². The number of non-ortho nitro benzene ring substituents is 1. The maximum atomic E-state index is 12.5. The Morgan fingerprint density at radius 2 is 1.89 bits per heavy atom. The van der Waals surface area contributed by atoms with Gasteiger partial charge in [-0.15, -0.1) is 6.42 Å². The SMILES string of the molecule is C#CCn1c(=NC(=O)c2ccc(C(C)=O)cc2)sc2ccc([N+](=O)[O-])cc21. The predicted molar refractivity (Wildman–Crippen MR) is 102 cm³/mol. The molecule has 27 heavy (non-hydrogen) atoms. The number of hydrogen-bond acceptors (Lipinski definition) is 5. The fourth-order valence-electron chi connectivity index (χ4n) is 2.50. The van der Waals surface area contributed by atoms with E-state index in [1.807, 2.05) is 0 Å². The summed E-state index contributed by atoms with van der Waals surface area (Å²) in [5.41, 5.74) is 1.31. The Balaban J connectivity index is 2.10. The average molecular weight is 379 g/mol. The highest BCUT2D eigenvalue weighted by molar-refractivity contribution is 7.16. The van der Waals surface area contributed by atoms with Gasteiger partial charge in [-0.05, 0) is 25.1 Å².